The summed E-state index contributed by atoms with van der Waals surface area (Å²) in [6.07, 6.45) is -0.221. The zero-order valence-electron chi connectivity index (χ0n) is 17.7. The summed E-state index contributed by atoms with van der Waals surface area (Å²) in [7, 11) is -8.89. The molecule has 0 aromatic heterocycles. The fourth-order valence-electron chi connectivity index (χ4n) is 3.38. The van der Waals surface area contributed by atoms with Gasteiger partial charge in [-0.25, -0.2) is 0 Å². The number of rotatable bonds is 8. The van der Waals surface area contributed by atoms with Crippen molar-refractivity contribution >= 4 is 31.6 Å². The Morgan fingerprint density at radius 2 is 1.31 bits per heavy atom. The maximum absolute atomic E-state index is 12.1. The molecule has 3 rings (SSSR count). The van der Waals surface area contributed by atoms with Crippen LogP contribution in [-0.2, 0) is 26.7 Å². The van der Waals surface area contributed by atoms with Crippen LogP contribution >= 0.6 is 0 Å². The summed E-state index contributed by atoms with van der Waals surface area (Å²) in [5.74, 6) is -0.148. The lowest BCUT2D eigenvalue weighted by Crippen LogP contribution is -2.09. The largest absolute Gasteiger partial charge is 0.496 e. The van der Waals surface area contributed by atoms with Crippen molar-refractivity contribution in [1.82, 2.24) is 0 Å². The zero-order valence-corrected chi connectivity index (χ0v) is 19.3. The van der Waals surface area contributed by atoms with Crippen LogP contribution in [0.2, 0.25) is 0 Å². The fourth-order valence-corrected chi connectivity index (χ4v) is 4.90. The topological polar surface area (TPSA) is 204 Å². The van der Waals surface area contributed by atoms with Crippen LogP contribution in [0.5, 0.6) is 5.75 Å². The Labute approximate surface area is 198 Å². The van der Waals surface area contributed by atoms with Crippen LogP contribution in [0, 0.1) is 20.2 Å². The summed E-state index contributed by atoms with van der Waals surface area (Å²) in [5.41, 5.74) is -0.631. The van der Waals surface area contributed by atoms with E-state index in [0.717, 1.165) is 24.3 Å². The molecule has 0 spiro atoms. The summed E-state index contributed by atoms with van der Waals surface area (Å²) >= 11 is 0. The second-order valence-electron chi connectivity index (χ2n) is 7.15. The highest BCUT2D eigenvalue weighted by Crippen LogP contribution is 2.39. The Kier molecular flexibility index (Phi) is 6.89. The molecule has 0 saturated heterocycles. The molecule has 0 heterocycles. The first kappa shape index (κ1) is 25.7. The molecule has 0 fully saturated rings. The first-order valence-corrected chi connectivity index (χ1v) is 12.3. The molecule has 0 aliphatic carbocycles. The van der Waals surface area contributed by atoms with E-state index in [1.165, 1.54) is 31.4 Å². The predicted octanol–water partition coefficient (Wildman–Crippen LogP) is 3.26. The average Bonchev–Trinajstić information content (AvgIpc) is 2.77. The van der Waals surface area contributed by atoms with Gasteiger partial charge in [0.15, 0.2) is 0 Å². The Balaban J connectivity index is 2.32. The highest BCUT2D eigenvalue weighted by molar-refractivity contribution is 7.86. The van der Waals surface area contributed by atoms with Crippen LogP contribution in [0.3, 0.4) is 0 Å². The van der Waals surface area contributed by atoms with Crippen molar-refractivity contribution in [3.8, 4) is 16.9 Å². The third-order valence-corrected chi connectivity index (χ3v) is 6.78. The molecule has 0 saturated carbocycles. The van der Waals surface area contributed by atoms with Crippen molar-refractivity contribution in [2.24, 2.45) is 0 Å². The van der Waals surface area contributed by atoms with Gasteiger partial charge in [-0.15, -0.1) is 0 Å². The molecule has 184 valence electrons. The van der Waals surface area contributed by atoms with Crippen molar-refractivity contribution in [3.63, 3.8) is 0 Å². The minimum absolute atomic E-state index is 0.0300. The first-order chi connectivity index (χ1) is 16.2. The van der Waals surface area contributed by atoms with Gasteiger partial charge in [0.05, 0.1) is 27.9 Å². The number of ether oxygens (including phenoxy) is 1. The molecule has 35 heavy (non-hydrogen) atoms. The molecule has 0 aliphatic rings. The molecular weight excluding hydrogens is 508 g/mol. The smallest absolute Gasteiger partial charge is 0.295 e. The lowest BCUT2D eigenvalue weighted by molar-refractivity contribution is -0.385. The molecule has 15 heteroatoms. The van der Waals surface area contributed by atoms with Crippen molar-refractivity contribution < 1.29 is 40.5 Å². The molecule has 2 N–H and O–H groups in total. The molecule has 0 amide bonds. The van der Waals surface area contributed by atoms with Crippen LogP contribution in [0.15, 0.2) is 64.4 Å². The normalized spacial score (nSPS) is 11.7. The standard InChI is InChI=1S/C20H16N2O11S2/c1-33-18-10-15(22(25)26)6-7-16(18)17-9-13(8-12-2-4-14(5-3-12)21(23)24)19(34(27,28)29)11-20(17)35(30,31)32/h2-7,9-11H,8H2,1H3,(H,27,28,29)(H,30,31,32). The molecule has 0 radical (unpaired) electrons. The summed E-state index contributed by atoms with van der Waals surface area (Å²) in [4.78, 5) is 18.9. The van der Waals surface area contributed by atoms with Gasteiger partial charge in [0.1, 0.15) is 10.6 Å². The van der Waals surface area contributed by atoms with E-state index in [1.54, 1.807) is 0 Å². The van der Waals surface area contributed by atoms with Gasteiger partial charge in [0, 0.05) is 29.3 Å². The predicted molar refractivity (Wildman–Crippen MR) is 121 cm³/mol. The number of nitrogens with zero attached hydrogens (tertiary/aromatic N) is 2. The minimum atomic E-state index is -5.06. The van der Waals surface area contributed by atoms with Gasteiger partial charge in [-0.1, -0.05) is 12.1 Å². The Morgan fingerprint density at radius 1 is 0.771 bits per heavy atom. The van der Waals surface area contributed by atoms with E-state index in [2.05, 4.69) is 0 Å². The van der Waals surface area contributed by atoms with Gasteiger partial charge in [-0.05, 0) is 35.7 Å². The first-order valence-electron chi connectivity index (χ1n) is 9.40. The number of methoxy groups -OCH3 is 1. The van der Waals surface area contributed by atoms with E-state index in [-0.39, 0.29) is 40.2 Å². The summed E-state index contributed by atoms with van der Waals surface area (Å²) in [5, 5.41) is 22.0. The maximum atomic E-state index is 12.1. The van der Waals surface area contributed by atoms with Gasteiger partial charge in [0.2, 0.25) is 0 Å². The van der Waals surface area contributed by atoms with E-state index in [0.29, 0.717) is 11.6 Å². The summed E-state index contributed by atoms with van der Waals surface area (Å²) in [6, 6.07) is 9.88. The molecule has 0 bridgehead atoms. The van der Waals surface area contributed by atoms with Gasteiger partial charge in [-0.3, -0.25) is 29.3 Å². The van der Waals surface area contributed by atoms with Crippen molar-refractivity contribution in [2.75, 3.05) is 7.11 Å². The van der Waals surface area contributed by atoms with Gasteiger partial charge in [0.25, 0.3) is 31.6 Å². The number of nitro benzene ring substituents is 2. The minimum Gasteiger partial charge on any atom is -0.496 e. The third kappa shape index (κ3) is 5.60. The van der Waals surface area contributed by atoms with Crippen LogP contribution < -0.4 is 4.74 Å². The van der Waals surface area contributed by atoms with E-state index >= 15 is 0 Å². The average molecular weight is 524 g/mol. The Hall–Kier alpha value is -3.92. The Bertz CT molecular complexity index is 1550. The highest BCUT2D eigenvalue weighted by atomic mass is 32.2. The van der Waals surface area contributed by atoms with Gasteiger partial charge in [-0.2, -0.15) is 16.8 Å². The second kappa shape index (κ2) is 9.38. The maximum Gasteiger partial charge on any atom is 0.295 e. The quantitative estimate of drug-likeness (QED) is 0.248. The molecule has 13 nitrogen and oxygen atoms in total. The zero-order chi connectivity index (χ0) is 26.1. The molecule has 0 unspecified atom stereocenters. The second-order valence-corrected chi connectivity index (χ2v) is 9.93. The summed E-state index contributed by atoms with van der Waals surface area (Å²) < 4.78 is 73.0. The van der Waals surface area contributed by atoms with E-state index < -0.39 is 39.9 Å². The summed E-state index contributed by atoms with van der Waals surface area (Å²) in [6.45, 7) is 0. The molecule has 3 aromatic rings. The lowest BCUT2D eigenvalue weighted by atomic mass is 9.98. The van der Waals surface area contributed by atoms with Crippen molar-refractivity contribution in [2.45, 2.75) is 16.2 Å². The van der Waals surface area contributed by atoms with Crippen LogP contribution in [0.25, 0.3) is 11.1 Å². The Morgan fingerprint density at radius 3 is 1.80 bits per heavy atom. The number of nitro groups is 2. The van der Waals surface area contributed by atoms with Crippen molar-refractivity contribution in [1.29, 1.82) is 0 Å². The SMILES string of the molecule is COc1cc([N+](=O)[O-])ccc1-c1cc(Cc2ccc([N+](=O)[O-])cc2)c(S(=O)(=O)O)cc1S(=O)(=O)O. The van der Waals surface area contributed by atoms with Crippen LogP contribution in [-0.4, -0.2) is 42.9 Å². The van der Waals surface area contributed by atoms with E-state index in [1.807, 2.05) is 0 Å². The third-order valence-electron chi connectivity index (χ3n) is 4.95. The molecule has 3 aromatic carbocycles. The monoisotopic (exact) mass is 524 g/mol. The van der Waals surface area contributed by atoms with Crippen LogP contribution in [0.4, 0.5) is 11.4 Å². The molecular formula is C20H16N2O11S2. The van der Waals surface area contributed by atoms with Crippen LogP contribution in [0.1, 0.15) is 11.1 Å². The number of hydrogen-bond donors (Lipinski definition) is 2. The van der Waals surface area contributed by atoms with Gasteiger partial charge >= 0.3 is 0 Å². The van der Waals surface area contributed by atoms with E-state index in [4.69, 9.17) is 4.74 Å². The highest BCUT2D eigenvalue weighted by Gasteiger charge is 2.27. The van der Waals surface area contributed by atoms with Crippen molar-refractivity contribution in [3.05, 3.63) is 86.0 Å². The number of benzene rings is 3. The van der Waals surface area contributed by atoms with E-state index in [9.17, 15) is 46.2 Å². The number of hydrogen-bond acceptors (Lipinski definition) is 9. The number of non-ortho nitro benzene ring substituents is 2. The van der Waals surface area contributed by atoms with Gasteiger partial charge < -0.3 is 4.74 Å². The molecule has 0 atom stereocenters. The molecule has 0 aliphatic heterocycles. The lowest BCUT2D eigenvalue weighted by Gasteiger charge is -2.16. The fraction of sp³-hybridized carbons (Fsp3) is 0.100.